The van der Waals surface area contributed by atoms with Crippen LogP contribution in [0.15, 0.2) is 46.9 Å². The SMILES string of the molecule is Nc1cc(C(F)(F)F)ccc1Oc1cccc(Br)c1. The normalized spacial score (nSPS) is 11.4. The monoisotopic (exact) mass is 331 g/mol. The fraction of sp³-hybridized carbons (Fsp3) is 0.0769. The summed E-state index contributed by atoms with van der Waals surface area (Å²) >= 11 is 3.27. The summed E-state index contributed by atoms with van der Waals surface area (Å²) in [5.41, 5.74) is 4.71. The summed E-state index contributed by atoms with van der Waals surface area (Å²) < 4.78 is 43.7. The van der Waals surface area contributed by atoms with Crippen molar-refractivity contribution in [2.45, 2.75) is 6.18 Å². The molecule has 2 aromatic rings. The molecule has 0 bridgehead atoms. The van der Waals surface area contributed by atoms with Gasteiger partial charge in [0.2, 0.25) is 0 Å². The van der Waals surface area contributed by atoms with Crippen LogP contribution in [0.1, 0.15) is 5.56 Å². The molecule has 0 aliphatic heterocycles. The molecule has 0 heterocycles. The number of hydrogen-bond donors (Lipinski definition) is 1. The molecule has 19 heavy (non-hydrogen) atoms. The van der Waals surface area contributed by atoms with Crippen molar-refractivity contribution < 1.29 is 17.9 Å². The average molecular weight is 332 g/mol. The summed E-state index contributed by atoms with van der Waals surface area (Å²) in [6, 6.07) is 9.93. The van der Waals surface area contributed by atoms with Crippen molar-refractivity contribution in [2.24, 2.45) is 0 Å². The van der Waals surface area contributed by atoms with Gasteiger partial charge < -0.3 is 10.5 Å². The van der Waals surface area contributed by atoms with Crippen LogP contribution in [0.3, 0.4) is 0 Å². The van der Waals surface area contributed by atoms with Crippen molar-refractivity contribution in [3.8, 4) is 11.5 Å². The van der Waals surface area contributed by atoms with E-state index in [0.29, 0.717) is 5.75 Å². The number of alkyl halides is 3. The maximum absolute atomic E-state index is 12.5. The molecule has 100 valence electrons. The van der Waals surface area contributed by atoms with Gasteiger partial charge in [-0.2, -0.15) is 13.2 Å². The summed E-state index contributed by atoms with van der Waals surface area (Å²) in [6.45, 7) is 0. The van der Waals surface area contributed by atoms with E-state index in [4.69, 9.17) is 10.5 Å². The molecule has 2 aromatic carbocycles. The van der Waals surface area contributed by atoms with Gasteiger partial charge in [-0.3, -0.25) is 0 Å². The third-order valence-electron chi connectivity index (χ3n) is 2.36. The molecule has 0 amide bonds. The molecular weight excluding hydrogens is 323 g/mol. The largest absolute Gasteiger partial charge is 0.455 e. The van der Waals surface area contributed by atoms with Crippen molar-refractivity contribution in [2.75, 3.05) is 5.73 Å². The lowest BCUT2D eigenvalue weighted by molar-refractivity contribution is -0.137. The number of anilines is 1. The first-order chi connectivity index (χ1) is 8.86. The van der Waals surface area contributed by atoms with E-state index in [0.717, 1.165) is 16.6 Å². The first-order valence-corrected chi connectivity index (χ1v) is 6.06. The number of benzene rings is 2. The minimum absolute atomic E-state index is 0.0604. The van der Waals surface area contributed by atoms with Gasteiger partial charge in [-0.05, 0) is 36.4 Å². The van der Waals surface area contributed by atoms with E-state index in [2.05, 4.69) is 15.9 Å². The number of nitrogens with two attached hydrogens (primary N) is 1. The van der Waals surface area contributed by atoms with Gasteiger partial charge in [0.25, 0.3) is 0 Å². The summed E-state index contributed by atoms with van der Waals surface area (Å²) in [5, 5.41) is 0. The van der Waals surface area contributed by atoms with Crippen molar-refractivity contribution in [3.05, 3.63) is 52.5 Å². The van der Waals surface area contributed by atoms with E-state index in [1.807, 2.05) is 6.07 Å². The minimum atomic E-state index is -4.41. The van der Waals surface area contributed by atoms with Gasteiger partial charge in [0.1, 0.15) is 11.5 Å². The Hall–Kier alpha value is -1.69. The zero-order valence-electron chi connectivity index (χ0n) is 9.54. The summed E-state index contributed by atoms with van der Waals surface area (Å²) in [6.07, 6.45) is -4.41. The van der Waals surface area contributed by atoms with Crippen molar-refractivity contribution in [3.63, 3.8) is 0 Å². The van der Waals surface area contributed by atoms with Gasteiger partial charge in [0.05, 0.1) is 11.3 Å². The van der Waals surface area contributed by atoms with Gasteiger partial charge in [-0.1, -0.05) is 22.0 Å². The Morgan fingerprint density at radius 3 is 2.37 bits per heavy atom. The van der Waals surface area contributed by atoms with E-state index in [-0.39, 0.29) is 11.4 Å². The lowest BCUT2D eigenvalue weighted by atomic mass is 10.2. The van der Waals surface area contributed by atoms with E-state index in [1.54, 1.807) is 18.2 Å². The predicted molar refractivity (Wildman–Crippen MR) is 70.1 cm³/mol. The highest BCUT2D eigenvalue weighted by molar-refractivity contribution is 9.10. The molecule has 0 spiro atoms. The van der Waals surface area contributed by atoms with Gasteiger partial charge in [0, 0.05) is 4.47 Å². The second-order valence-electron chi connectivity index (χ2n) is 3.81. The Bertz CT molecular complexity index is 599. The maximum atomic E-state index is 12.5. The van der Waals surface area contributed by atoms with Crippen LogP contribution >= 0.6 is 15.9 Å². The smallest absolute Gasteiger partial charge is 0.416 e. The lowest BCUT2D eigenvalue weighted by Gasteiger charge is -2.12. The van der Waals surface area contributed by atoms with Crippen LogP contribution in [0, 0.1) is 0 Å². The van der Waals surface area contributed by atoms with Crippen LogP contribution in [-0.4, -0.2) is 0 Å². The Balaban J connectivity index is 2.27. The highest BCUT2D eigenvalue weighted by Crippen LogP contribution is 2.35. The van der Waals surface area contributed by atoms with Crippen molar-refractivity contribution in [1.29, 1.82) is 0 Å². The molecule has 0 fully saturated rings. The summed E-state index contributed by atoms with van der Waals surface area (Å²) in [5.74, 6) is 0.673. The lowest BCUT2D eigenvalue weighted by Crippen LogP contribution is -2.05. The minimum Gasteiger partial charge on any atom is -0.455 e. The highest BCUT2D eigenvalue weighted by Gasteiger charge is 2.30. The quantitative estimate of drug-likeness (QED) is 0.799. The van der Waals surface area contributed by atoms with Crippen LogP contribution < -0.4 is 10.5 Å². The van der Waals surface area contributed by atoms with Crippen LogP contribution in [0.5, 0.6) is 11.5 Å². The molecule has 0 unspecified atom stereocenters. The molecule has 2 N–H and O–H groups in total. The molecule has 0 aliphatic rings. The third-order valence-corrected chi connectivity index (χ3v) is 2.85. The van der Waals surface area contributed by atoms with Crippen LogP contribution in [-0.2, 0) is 6.18 Å². The topological polar surface area (TPSA) is 35.2 Å². The Labute approximate surface area is 116 Å². The molecule has 0 radical (unpaired) electrons. The molecule has 6 heteroatoms. The standard InChI is InChI=1S/C13H9BrF3NO/c14-9-2-1-3-10(7-9)19-12-5-4-8(6-11(12)18)13(15,16)17/h1-7H,18H2. The molecular formula is C13H9BrF3NO. The summed E-state index contributed by atoms with van der Waals surface area (Å²) in [4.78, 5) is 0. The van der Waals surface area contributed by atoms with Gasteiger partial charge in [-0.15, -0.1) is 0 Å². The van der Waals surface area contributed by atoms with Crippen molar-refractivity contribution >= 4 is 21.6 Å². The molecule has 0 atom stereocenters. The van der Waals surface area contributed by atoms with E-state index >= 15 is 0 Å². The van der Waals surface area contributed by atoms with Gasteiger partial charge in [0.15, 0.2) is 0 Å². The molecule has 0 saturated carbocycles. The Morgan fingerprint density at radius 1 is 1.05 bits per heavy atom. The van der Waals surface area contributed by atoms with Gasteiger partial charge >= 0.3 is 6.18 Å². The predicted octanol–water partition coefficient (Wildman–Crippen LogP) is 4.84. The zero-order chi connectivity index (χ0) is 14.0. The van der Waals surface area contributed by atoms with Crippen molar-refractivity contribution in [1.82, 2.24) is 0 Å². The number of halogens is 4. The summed E-state index contributed by atoms with van der Waals surface area (Å²) in [7, 11) is 0. The van der Waals surface area contributed by atoms with E-state index in [1.165, 1.54) is 6.07 Å². The Morgan fingerprint density at radius 2 is 1.79 bits per heavy atom. The molecule has 2 nitrogen and oxygen atoms in total. The maximum Gasteiger partial charge on any atom is 0.416 e. The van der Waals surface area contributed by atoms with Gasteiger partial charge in [-0.25, -0.2) is 0 Å². The fourth-order valence-electron chi connectivity index (χ4n) is 1.48. The number of ether oxygens (including phenoxy) is 1. The highest BCUT2D eigenvalue weighted by atomic mass is 79.9. The van der Waals surface area contributed by atoms with Crippen LogP contribution in [0.25, 0.3) is 0 Å². The first kappa shape index (κ1) is 13.7. The second-order valence-corrected chi connectivity index (χ2v) is 4.73. The molecule has 0 saturated heterocycles. The number of rotatable bonds is 2. The number of nitrogen functional groups attached to an aromatic ring is 1. The molecule has 0 aliphatic carbocycles. The van der Waals surface area contributed by atoms with E-state index in [9.17, 15) is 13.2 Å². The Kier molecular flexibility index (Phi) is 3.71. The van der Waals surface area contributed by atoms with Crippen LogP contribution in [0.4, 0.5) is 18.9 Å². The van der Waals surface area contributed by atoms with E-state index < -0.39 is 11.7 Å². The number of hydrogen-bond acceptors (Lipinski definition) is 2. The van der Waals surface area contributed by atoms with Crippen LogP contribution in [0.2, 0.25) is 0 Å². The first-order valence-electron chi connectivity index (χ1n) is 5.26. The fourth-order valence-corrected chi connectivity index (χ4v) is 1.85. The molecule has 0 aromatic heterocycles. The molecule has 2 rings (SSSR count). The zero-order valence-corrected chi connectivity index (χ0v) is 11.1. The second kappa shape index (κ2) is 5.13. The average Bonchev–Trinajstić information content (AvgIpc) is 2.30. The third kappa shape index (κ3) is 3.41.